The minimum Gasteiger partial charge on any atom is -0.498 e. The van der Waals surface area contributed by atoms with Gasteiger partial charge in [0.25, 0.3) is 0 Å². The van der Waals surface area contributed by atoms with E-state index in [1.54, 1.807) is 0 Å². The molecule has 0 aliphatic rings. The lowest BCUT2D eigenvalue weighted by Crippen LogP contribution is -2.01. The Morgan fingerprint density at radius 1 is 1.55 bits per heavy atom. The molecule has 0 bridgehead atoms. The van der Waals surface area contributed by atoms with Crippen molar-refractivity contribution in [1.29, 1.82) is 0 Å². The second-order valence-corrected chi connectivity index (χ2v) is 1.81. The lowest BCUT2D eigenvalue weighted by molar-refractivity contribution is -0.247. The minimum absolute atomic E-state index is 0.0173. The lowest BCUT2D eigenvalue weighted by atomic mass is 10.3. The number of carboxylic acids is 1. The maximum atomic E-state index is 10.1. The molecule has 0 fully saturated rings. The quantitative estimate of drug-likeness (QED) is 0.202. The number of carboxylic acid groups (broad SMARTS) is 1. The predicted octanol–water partition coefficient (Wildman–Crippen LogP) is 0.481. The van der Waals surface area contributed by atoms with Crippen LogP contribution in [0.15, 0.2) is 11.8 Å². The second kappa shape index (κ2) is 5.70. The number of aliphatic carboxylic acids is 1. The van der Waals surface area contributed by atoms with Crippen LogP contribution in [0.4, 0.5) is 0 Å². The molecule has 0 saturated heterocycles. The van der Waals surface area contributed by atoms with Gasteiger partial charge in [-0.1, -0.05) is 0 Å². The van der Waals surface area contributed by atoms with Crippen molar-refractivity contribution in [2.75, 3.05) is 13.2 Å². The highest BCUT2D eigenvalue weighted by Gasteiger charge is 1.98. The van der Waals surface area contributed by atoms with Crippen molar-refractivity contribution in [2.24, 2.45) is 0 Å². The van der Waals surface area contributed by atoms with Gasteiger partial charge in [0.05, 0.1) is 11.8 Å². The van der Waals surface area contributed by atoms with E-state index in [4.69, 9.17) is 10.4 Å². The third-order valence-corrected chi connectivity index (χ3v) is 0.890. The van der Waals surface area contributed by atoms with Crippen molar-refractivity contribution in [3.63, 3.8) is 0 Å². The van der Waals surface area contributed by atoms with Gasteiger partial charge in [0, 0.05) is 0 Å². The van der Waals surface area contributed by atoms with E-state index in [-0.39, 0.29) is 18.8 Å². The van der Waals surface area contributed by atoms with E-state index < -0.39 is 5.97 Å². The van der Waals surface area contributed by atoms with Gasteiger partial charge >= 0.3 is 5.97 Å². The molecule has 2 N–H and O–H groups in total. The molecule has 0 atom stereocenters. The fourth-order valence-electron chi connectivity index (χ4n) is 0.320. The second-order valence-electron chi connectivity index (χ2n) is 1.81. The standard InChI is InChI=1S/C6H10O5/c1-5(6(7)8)4-10-2-3-11-9/h4,9H,2-3H2,1H3,(H,7,8). The van der Waals surface area contributed by atoms with Gasteiger partial charge in [-0.15, -0.1) is 0 Å². The summed E-state index contributed by atoms with van der Waals surface area (Å²) >= 11 is 0. The SMILES string of the molecule is CC(=COCCOO)C(=O)O. The van der Waals surface area contributed by atoms with Crippen molar-refractivity contribution in [3.05, 3.63) is 11.8 Å². The first kappa shape index (κ1) is 9.93. The molecule has 64 valence electrons. The predicted molar refractivity (Wildman–Crippen MR) is 35.9 cm³/mol. The highest BCUT2D eigenvalue weighted by molar-refractivity contribution is 5.85. The molecule has 0 spiro atoms. The highest BCUT2D eigenvalue weighted by Crippen LogP contribution is 1.91. The summed E-state index contributed by atoms with van der Waals surface area (Å²) in [6, 6.07) is 0. The topological polar surface area (TPSA) is 76.0 Å². The van der Waals surface area contributed by atoms with E-state index in [2.05, 4.69) is 9.62 Å². The molecule has 0 aromatic heterocycles. The third kappa shape index (κ3) is 5.38. The molecule has 0 radical (unpaired) electrons. The molecule has 0 heterocycles. The number of rotatable bonds is 5. The average Bonchev–Trinajstić information content (AvgIpc) is 1.97. The fraction of sp³-hybridized carbons (Fsp3) is 0.500. The summed E-state index contributed by atoms with van der Waals surface area (Å²) in [5, 5.41) is 16.1. The van der Waals surface area contributed by atoms with Crippen molar-refractivity contribution in [1.82, 2.24) is 0 Å². The van der Waals surface area contributed by atoms with Crippen molar-refractivity contribution >= 4 is 5.97 Å². The summed E-state index contributed by atoms with van der Waals surface area (Å²) in [4.78, 5) is 13.8. The van der Waals surface area contributed by atoms with Crippen LogP contribution in [0.25, 0.3) is 0 Å². The van der Waals surface area contributed by atoms with Crippen molar-refractivity contribution in [2.45, 2.75) is 6.92 Å². The maximum absolute atomic E-state index is 10.1. The summed E-state index contributed by atoms with van der Waals surface area (Å²) in [5.41, 5.74) is 0.0999. The van der Waals surface area contributed by atoms with Gasteiger partial charge in [0.1, 0.15) is 13.2 Å². The van der Waals surface area contributed by atoms with E-state index in [0.717, 1.165) is 6.26 Å². The Balaban J connectivity index is 3.48. The molecule has 0 aliphatic carbocycles. The Morgan fingerprint density at radius 2 is 2.18 bits per heavy atom. The molecule has 5 nitrogen and oxygen atoms in total. The molecule has 0 aromatic carbocycles. The van der Waals surface area contributed by atoms with Crippen LogP contribution >= 0.6 is 0 Å². The molecule has 0 amide bonds. The van der Waals surface area contributed by atoms with Gasteiger partial charge < -0.3 is 9.84 Å². The smallest absolute Gasteiger partial charge is 0.334 e. The minimum atomic E-state index is -1.03. The Morgan fingerprint density at radius 3 is 2.64 bits per heavy atom. The summed E-state index contributed by atoms with van der Waals surface area (Å²) < 4.78 is 4.67. The lowest BCUT2D eigenvalue weighted by Gasteiger charge is -1.98. The van der Waals surface area contributed by atoms with Gasteiger partial charge in [-0.25, -0.2) is 9.68 Å². The van der Waals surface area contributed by atoms with E-state index in [9.17, 15) is 4.79 Å². The first-order valence-corrected chi connectivity index (χ1v) is 2.96. The molecule has 11 heavy (non-hydrogen) atoms. The van der Waals surface area contributed by atoms with E-state index >= 15 is 0 Å². The zero-order chi connectivity index (χ0) is 8.69. The van der Waals surface area contributed by atoms with Gasteiger partial charge in [-0.3, -0.25) is 5.26 Å². The number of ether oxygens (including phenoxy) is 1. The van der Waals surface area contributed by atoms with Crippen LogP contribution in [0.3, 0.4) is 0 Å². The molecular weight excluding hydrogens is 152 g/mol. The zero-order valence-corrected chi connectivity index (χ0v) is 6.11. The third-order valence-electron chi connectivity index (χ3n) is 0.890. The van der Waals surface area contributed by atoms with Gasteiger partial charge in [-0.05, 0) is 6.92 Å². The van der Waals surface area contributed by atoms with E-state index in [1.165, 1.54) is 6.92 Å². The van der Waals surface area contributed by atoms with Crippen LogP contribution in [0, 0.1) is 0 Å². The van der Waals surface area contributed by atoms with Crippen LogP contribution < -0.4 is 0 Å². The molecule has 0 unspecified atom stereocenters. The van der Waals surface area contributed by atoms with Crippen LogP contribution in [0.5, 0.6) is 0 Å². The molecule has 0 aromatic rings. The maximum Gasteiger partial charge on any atom is 0.334 e. The van der Waals surface area contributed by atoms with Gasteiger partial charge in [0.2, 0.25) is 0 Å². The molecule has 0 rings (SSSR count). The average molecular weight is 162 g/mol. The Bertz CT molecular complexity index is 151. The molecular formula is C6H10O5. The summed E-state index contributed by atoms with van der Waals surface area (Å²) in [7, 11) is 0. The molecule has 0 aliphatic heterocycles. The van der Waals surface area contributed by atoms with Crippen molar-refractivity contribution < 1.29 is 24.8 Å². The van der Waals surface area contributed by atoms with Crippen LogP contribution in [-0.4, -0.2) is 29.5 Å². The van der Waals surface area contributed by atoms with Gasteiger partial charge in [0.15, 0.2) is 0 Å². The number of hydrogen-bond donors (Lipinski definition) is 2. The monoisotopic (exact) mass is 162 g/mol. The van der Waals surface area contributed by atoms with E-state index in [1.807, 2.05) is 0 Å². The summed E-state index contributed by atoms with van der Waals surface area (Å²) in [5.74, 6) is -1.03. The van der Waals surface area contributed by atoms with Crippen molar-refractivity contribution in [3.8, 4) is 0 Å². The Labute approximate surface area is 63.8 Å². The van der Waals surface area contributed by atoms with Crippen LogP contribution in [0.2, 0.25) is 0 Å². The van der Waals surface area contributed by atoms with Crippen LogP contribution in [0.1, 0.15) is 6.92 Å². The largest absolute Gasteiger partial charge is 0.498 e. The summed E-state index contributed by atoms with van der Waals surface area (Å²) in [6.07, 6.45) is 1.10. The van der Waals surface area contributed by atoms with Gasteiger partial charge in [-0.2, -0.15) is 0 Å². The van der Waals surface area contributed by atoms with E-state index in [0.29, 0.717) is 0 Å². The number of carbonyl (C=O) groups is 1. The first-order chi connectivity index (χ1) is 5.18. The first-order valence-electron chi connectivity index (χ1n) is 2.96. The summed E-state index contributed by atoms with van der Waals surface area (Å²) in [6.45, 7) is 1.55. The number of hydrogen-bond acceptors (Lipinski definition) is 4. The fourth-order valence-corrected chi connectivity index (χ4v) is 0.320. The zero-order valence-electron chi connectivity index (χ0n) is 6.11. The molecule has 0 saturated carbocycles. The highest BCUT2D eigenvalue weighted by atomic mass is 17.1. The Hall–Kier alpha value is -1.07. The normalized spacial score (nSPS) is 11.3. The molecule has 5 heteroatoms. The Kier molecular flexibility index (Phi) is 5.14. The van der Waals surface area contributed by atoms with Crippen LogP contribution in [-0.2, 0) is 14.4 Å².